The summed E-state index contributed by atoms with van der Waals surface area (Å²) in [5, 5.41) is 9.95. The molecule has 0 spiro atoms. The van der Waals surface area contributed by atoms with Crippen LogP contribution in [0, 0.1) is 0 Å². The Balaban J connectivity index is 1.81. The molecule has 38 heavy (non-hydrogen) atoms. The minimum absolute atomic E-state index is 0.244. The summed E-state index contributed by atoms with van der Waals surface area (Å²) in [5.74, 6) is -1.99. The molecule has 2 aromatic carbocycles. The predicted molar refractivity (Wildman–Crippen MR) is 144 cm³/mol. The summed E-state index contributed by atoms with van der Waals surface area (Å²) in [6.45, 7) is 2.58. The highest BCUT2D eigenvalue weighted by Crippen LogP contribution is 2.45. The fourth-order valence-corrected chi connectivity index (χ4v) is 7.67. The predicted octanol–water partition coefficient (Wildman–Crippen LogP) is 4.85. The molecular formula is C27H31Cl2NO7S. The van der Waals surface area contributed by atoms with Gasteiger partial charge in [0.1, 0.15) is 12.2 Å². The van der Waals surface area contributed by atoms with Gasteiger partial charge >= 0.3 is 5.97 Å². The molecule has 0 aromatic heterocycles. The maximum absolute atomic E-state index is 13.9. The smallest absolute Gasteiger partial charge is 0.306 e. The third-order valence-corrected chi connectivity index (χ3v) is 9.97. The first-order chi connectivity index (χ1) is 18.1. The van der Waals surface area contributed by atoms with E-state index in [1.807, 2.05) is 6.92 Å². The number of carboxylic acid groups (broad SMARTS) is 1. The monoisotopic (exact) mass is 583 g/mol. The topological polar surface area (TPSA) is 110 Å². The van der Waals surface area contributed by atoms with Gasteiger partial charge in [-0.25, -0.2) is 8.42 Å². The van der Waals surface area contributed by atoms with Crippen LogP contribution in [0.3, 0.4) is 0 Å². The highest BCUT2D eigenvalue weighted by Gasteiger charge is 2.48. The lowest BCUT2D eigenvalue weighted by atomic mass is 9.89. The molecule has 4 rings (SSSR count). The van der Waals surface area contributed by atoms with E-state index in [2.05, 4.69) is 0 Å². The van der Waals surface area contributed by atoms with Crippen molar-refractivity contribution in [3.8, 4) is 0 Å². The first-order valence-electron chi connectivity index (χ1n) is 12.6. The summed E-state index contributed by atoms with van der Waals surface area (Å²) in [6, 6.07) is 12.4. The molecule has 1 unspecified atom stereocenters. The van der Waals surface area contributed by atoms with Crippen molar-refractivity contribution in [3.63, 3.8) is 0 Å². The Hall–Kier alpha value is -2.17. The van der Waals surface area contributed by atoms with Crippen LogP contribution in [0.15, 0.2) is 48.5 Å². The Morgan fingerprint density at radius 2 is 1.76 bits per heavy atom. The van der Waals surface area contributed by atoms with E-state index in [-0.39, 0.29) is 5.75 Å². The van der Waals surface area contributed by atoms with Gasteiger partial charge in [-0.15, -0.1) is 0 Å². The van der Waals surface area contributed by atoms with E-state index in [1.54, 1.807) is 48.5 Å². The van der Waals surface area contributed by atoms with Gasteiger partial charge in [-0.1, -0.05) is 54.4 Å². The van der Waals surface area contributed by atoms with E-state index in [9.17, 15) is 23.1 Å². The largest absolute Gasteiger partial charge is 0.481 e. The summed E-state index contributed by atoms with van der Waals surface area (Å²) in [5.41, 5.74) is 1.33. The fourth-order valence-electron chi connectivity index (χ4n) is 5.23. The first-order valence-corrected chi connectivity index (χ1v) is 15.1. The summed E-state index contributed by atoms with van der Waals surface area (Å²) in [6.07, 6.45) is -1.48. The Morgan fingerprint density at radius 3 is 2.37 bits per heavy atom. The highest BCUT2D eigenvalue weighted by atomic mass is 35.5. The van der Waals surface area contributed by atoms with E-state index in [0.717, 1.165) is 0 Å². The Morgan fingerprint density at radius 1 is 1.08 bits per heavy atom. The normalized spacial score (nSPS) is 23.8. The summed E-state index contributed by atoms with van der Waals surface area (Å²) >= 11 is 12.4. The first kappa shape index (κ1) is 28.8. The lowest BCUT2D eigenvalue weighted by molar-refractivity contribution is -0.182. The lowest BCUT2D eigenvalue weighted by Gasteiger charge is -2.48. The molecule has 1 N–H and O–H groups in total. The highest BCUT2D eigenvalue weighted by molar-refractivity contribution is 7.92. The van der Waals surface area contributed by atoms with Crippen molar-refractivity contribution in [2.24, 2.45) is 0 Å². The van der Waals surface area contributed by atoms with Gasteiger partial charge < -0.3 is 19.5 Å². The second-order valence-corrected chi connectivity index (χ2v) is 12.8. The number of aliphatic carboxylic acids is 1. The molecule has 2 aliphatic heterocycles. The molecule has 0 aliphatic carbocycles. The molecule has 2 fully saturated rings. The summed E-state index contributed by atoms with van der Waals surface area (Å²) < 4.78 is 38.5. The minimum Gasteiger partial charge on any atom is -0.481 e. The van der Waals surface area contributed by atoms with Crippen LogP contribution in [-0.4, -0.2) is 66.7 Å². The number of sulfone groups is 1. The van der Waals surface area contributed by atoms with Gasteiger partial charge in [0.05, 0.1) is 23.5 Å². The molecule has 8 nitrogen and oxygen atoms in total. The number of carbonyl (C=O) groups is 2. The van der Waals surface area contributed by atoms with Crippen LogP contribution in [0.5, 0.6) is 0 Å². The van der Waals surface area contributed by atoms with Crippen molar-refractivity contribution < 1.29 is 32.6 Å². The van der Waals surface area contributed by atoms with Crippen LogP contribution in [0.2, 0.25) is 10.0 Å². The van der Waals surface area contributed by atoms with Gasteiger partial charge in [0.2, 0.25) is 0 Å². The SMILES string of the molecule is CCC(CS(=O)(=O)C1CCOCC1)N1C(=O)[C@H](CC(=O)O)O[C@H](c2cccc(Cl)c2)[C@H]1c1ccc(Cl)cc1. The number of amides is 1. The molecule has 1 amide bonds. The molecule has 0 saturated carbocycles. The van der Waals surface area contributed by atoms with Gasteiger partial charge in [-0.2, -0.15) is 0 Å². The zero-order valence-electron chi connectivity index (χ0n) is 21.0. The van der Waals surface area contributed by atoms with E-state index < -0.39 is 57.7 Å². The number of carboxylic acids is 1. The third kappa shape index (κ3) is 6.51. The molecule has 0 bridgehead atoms. The summed E-state index contributed by atoms with van der Waals surface area (Å²) in [4.78, 5) is 27.1. The average molecular weight is 585 g/mol. The van der Waals surface area contributed by atoms with Crippen molar-refractivity contribution in [2.45, 2.75) is 62.1 Å². The summed E-state index contributed by atoms with van der Waals surface area (Å²) in [7, 11) is -3.58. The standard InChI is InChI=1S/C27H31Cl2NO7S/c1-2-21(16-38(34,35)22-10-12-36-13-11-22)30-25(17-6-8-19(28)9-7-17)26(18-4-3-5-20(29)14-18)37-23(27(30)33)15-24(31)32/h3-9,14,21-23,25-26H,2,10-13,15-16H2,1H3,(H,31,32)/t21?,23-,25+,26+/m0/s1. The van der Waals surface area contributed by atoms with Crippen molar-refractivity contribution in [1.29, 1.82) is 0 Å². The van der Waals surface area contributed by atoms with Crippen LogP contribution in [0.25, 0.3) is 0 Å². The van der Waals surface area contributed by atoms with Crippen molar-refractivity contribution in [3.05, 3.63) is 69.7 Å². The van der Waals surface area contributed by atoms with E-state index in [4.69, 9.17) is 32.7 Å². The molecular weight excluding hydrogens is 553 g/mol. The molecule has 2 heterocycles. The Bertz CT molecular complexity index is 1250. The van der Waals surface area contributed by atoms with Gasteiger partial charge in [0, 0.05) is 29.3 Å². The van der Waals surface area contributed by atoms with Gasteiger partial charge in [-0.3, -0.25) is 9.59 Å². The molecule has 2 aromatic rings. The van der Waals surface area contributed by atoms with Gasteiger partial charge in [0.15, 0.2) is 9.84 Å². The molecule has 206 valence electrons. The number of hydrogen-bond acceptors (Lipinski definition) is 6. The molecule has 2 saturated heterocycles. The van der Waals surface area contributed by atoms with Gasteiger partial charge in [-0.05, 0) is 54.7 Å². The molecule has 4 atom stereocenters. The second kappa shape index (κ2) is 12.3. The van der Waals surface area contributed by atoms with Crippen molar-refractivity contribution >= 4 is 44.9 Å². The van der Waals surface area contributed by atoms with E-state index in [0.29, 0.717) is 53.6 Å². The molecule has 0 radical (unpaired) electrons. The number of carbonyl (C=O) groups excluding carboxylic acids is 1. The van der Waals surface area contributed by atoms with E-state index in [1.165, 1.54) is 4.90 Å². The number of benzene rings is 2. The quantitative estimate of drug-likeness (QED) is 0.449. The van der Waals surface area contributed by atoms with Crippen LogP contribution in [0.1, 0.15) is 55.9 Å². The number of rotatable bonds is 9. The average Bonchev–Trinajstić information content (AvgIpc) is 2.89. The maximum atomic E-state index is 13.9. The van der Waals surface area contributed by atoms with Crippen LogP contribution < -0.4 is 0 Å². The zero-order valence-corrected chi connectivity index (χ0v) is 23.3. The third-order valence-electron chi connectivity index (χ3n) is 7.14. The number of ether oxygens (including phenoxy) is 2. The molecule has 2 aliphatic rings. The van der Waals surface area contributed by atoms with Crippen LogP contribution >= 0.6 is 23.2 Å². The fraction of sp³-hybridized carbons (Fsp3) is 0.481. The number of halogens is 2. The van der Waals surface area contributed by atoms with Crippen molar-refractivity contribution in [2.75, 3.05) is 19.0 Å². The lowest BCUT2D eigenvalue weighted by Crippen LogP contribution is -2.57. The van der Waals surface area contributed by atoms with E-state index >= 15 is 0 Å². The Labute approximate surface area is 232 Å². The maximum Gasteiger partial charge on any atom is 0.306 e. The number of nitrogens with zero attached hydrogens (tertiary/aromatic N) is 1. The second-order valence-electron chi connectivity index (χ2n) is 9.64. The molecule has 11 heteroatoms. The number of morpholine rings is 1. The van der Waals surface area contributed by atoms with Crippen molar-refractivity contribution in [1.82, 2.24) is 4.90 Å². The Kier molecular flexibility index (Phi) is 9.36. The number of hydrogen-bond donors (Lipinski definition) is 1. The minimum atomic E-state index is -3.58. The van der Waals surface area contributed by atoms with Crippen LogP contribution in [0.4, 0.5) is 0 Å². The zero-order chi connectivity index (χ0) is 27.4. The van der Waals surface area contributed by atoms with Gasteiger partial charge in [0.25, 0.3) is 5.91 Å². The van der Waals surface area contributed by atoms with Crippen LogP contribution in [-0.2, 0) is 28.9 Å².